The maximum absolute atomic E-state index is 12.9. The number of amides is 1. The molecule has 1 aromatic carbocycles. The maximum atomic E-state index is 12.9. The number of alkyl halides is 3. The number of hydrogen-bond donors (Lipinski definition) is 0. The molecule has 2 aromatic heterocycles. The Kier molecular flexibility index (Phi) is 7.29. The number of rotatable bonds is 9. The van der Waals surface area contributed by atoms with E-state index in [1.54, 1.807) is 34.0 Å². The van der Waals surface area contributed by atoms with Gasteiger partial charge in [-0.15, -0.1) is 0 Å². The molecule has 5 rings (SSSR count). The Balaban J connectivity index is 1.16. The molecule has 1 saturated heterocycles. The predicted octanol–water partition coefficient (Wildman–Crippen LogP) is 3.39. The molecule has 0 spiro atoms. The number of carbonyl (C=O) groups is 3. The van der Waals surface area contributed by atoms with Crippen molar-refractivity contribution in [3.05, 3.63) is 59.5 Å². The topological polar surface area (TPSA) is 88.4 Å². The molecule has 0 N–H and O–H groups in total. The first-order chi connectivity index (χ1) is 18.1. The van der Waals surface area contributed by atoms with E-state index in [0.29, 0.717) is 56.1 Å². The van der Waals surface area contributed by atoms with Crippen molar-refractivity contribution in [3.63, 3.8) is 0 Å². The van der Waals surface area contributed by atoms with Crippen LogP contribution in [-0.2, 0) is 28.7 Å². The summed E-state index contributed by atoms with van der Waals surface area (Å²) in [6.45, 7) is 2.98. The van der Waals surface area contributed by atoms with Gasteiger partial charge in [-0.05, 0) is 48.6 Å². The minimum atomic E-state index is -4.62. The van der Waals surface area contributed by atoms with Crippen LogP contribution in [-0.4, -0.2) is 74.8 Å². The van der Waals surface area contributed by atoms with Gasteiger partial charge in [0.15, 0.2) is 5.78 Å². The summed E-state index contributed by atoms with van der Waals surface area (Å²) in [4.78, 5) is 44.9. The van der Waals surface area contributed by atoms with Crippen LogP contribution in [0.4, 0.5) is 13.2 Å². The van der Waals surface area contributed by atoms with Crippen LogP contribution in [0.1, 0.15) is 41.0 Å². The highest BCUT2D eigenvalue weighted by Crippen LogP contribution is 2.32. The quantitative estimate of drug-likeness (QED) is 0.397. The number of nitrogens with zero attached hydrogens (tertiary/aromatic N) is 5. The highest BCUT2D eigenvalue weighted by atomic mass is 19.4. The van der Waals surface area contributed by atoms with Crippen molar-refractivity contribution in [2.75, 3.05) is 32.7 Å². The lowest BCUT2D eigenvalue weighted by Gasteiger charge is -2.34. The molecule has 0 bridgehead atoms. The van der Waals surface area contributed by atoms with Crippen molar-refractivity contribution in [2.45, 2.75) is 38.4 Å². The predicted molar refractivity (Wildman–Crippen MR) is 132 cm³/mol. The highest BCUT2D eigenvalue weighted by Gasteiger charge is 2.33. The molecule has 1 aliphatic carbocycles. The van der Waals surface area contributed by atoms with Crippen molar-refractivity contribution in [3.8, 4) is 0 Å². The third-order valence-electron chi connectivity index (χ3n) is 6.94. The molecule has 38 heavy (non-hydrogen) atoms. The number of aromatic nitrogens is 3. The van der Waals surface area contributed by atoms with Gasteiger partial charge in [0, 0.05) is 50.6 Å². The number of Topliss-reactive ketones (excluding diaryl/α,β-unsaturated/α-hetero) is 2. The fourth-order valence-corrected chi connectivity index (χ4v) is 4.69. The standard InChI is InChI=1S/C27H28F3N5O3/c28-27(29,30)25-3-1-2-23(31-25)24(37)14-19-6-7-22-20(12-19)15-35(32-22)17-26(38)34-10-8-33(9-11-34)16-21(36)13-18-4-5-18/h1-3,6-7,12,15,18H,4-5,8-11,13-14,16-17H2. The van der Waals surface area contributed by atoms with E-state index in [1.165, 1.54) is 12.1 Å². The molecule has 11 heteroatoms. The summed E-state index contributed by atoms with van der Waals surface area (Å²) in [6, 6.07) is 8.42. The van der Waals surface area contributed by atoms with Crippen molar-refractivity contribution < 1.29 is 27.6 Å². The molecule has 8 nitrogen and oxygen atoms in total. The minimum absolute atomic E-state index is 0.0622. The summed E-state index contributed by atoms with van der Waals surface area (Å²) in [7, 11) is 0. The summed E-state index contributed by atoms with van der Waals surface area (Å²) in [6.07, 6.45) is -0.0217. The zero-order valence-electron chi connectivity index (χ0n) is 20.8. The Morgan fingerprint density at radius 3 is 2.45 bits per heavy atom. The second-order valence-corrected chi connectivity index (χ2v) is 10.1. The normalized spacial score (nSPS) is 16.7. The van der Waals surface area contributed by atoms with Gasteiger partial charge in [0.25, 0.3) is 0 Å². The molecule has 3 heterocycles. The average molecular weight is 528 g/mol. The first-order valence-electron chi connectivity index (χ1n) is 12.7. The van der Waals surface area contributed by atoms with Crippen molar-refractivity contribution >= 4 is 28.4 Å². The van der Waals surface area contributed by atoms with Gasteiger partial charge in [-0.2, -0.15) is 18.3 Å². The first kappa shape index (κ1) is 26.0. The molecule has 1 saturated carbocycles. The van der Waals surface area contributed by atoms with Crippen LogP contribution >= 0.6 is 0 Å². The lowest BCUT2D eigenvalue weighted by atomic mass is 10.0. The average Bonchev–Trinajstić information content (AvgIpc) is 3.60. The van der Waals surface area contributed by atoms with E-state index < -0.39 is 17.7 Å². The monoisotopic (exact) mass is 527 g/mol. The number of hydrogen-bond acceptors (Lipinski definition) is 6. The highest BCUT2D eigenvalue weighted by molar-refractivity contribution is 5.96. The largest absolute Gasteiger partial charge is 0.433 e. The van der Waals surface area contributed by atoms with Crippen LogP contribution < -0.4 is 0 Å². The fraction of sp³-hybridized carbons (Fsp3) is 0.444. The van der Waals surface area contributed by atoms with Crippen molar-refractivity contribution in [1.82, 2.24) is 24.6 Å². The summed E-state index contributed by atoms with van der Waals surface area (Å²) in [5.74, 6) is 0.278. The summed E-state index contributed by atoms with van der Waals surface area (Å²) in [5, 5.41) is 5.17. The van der Waals surface area contributed by atoms with Gasteiger partial charge in [0.2, 0.25) is 5.91 Å². The SMILES string of the molecule is O=C(CC1CC1)CN1CCN(C(=O)Cn2cc3cc(CC(=O)c4cccc(C(F)(F)F)n4)ccc3n2)CC1. The molecule has 0 radical (unpaired) electrons. The van der Waals surface area contributed by atoms with Crippen LogP contribution in [0.5, 0.6) is 0 Å². The second kappa shape index (κ2) is 10.6. The Morgan fingerprint density at radius 2 is 1.74 bits per heavy atom. The molecule has 2 aliphatic rings. The van der Waals surface area contributed by atoms with Gasteiger partial charge in [0.05, 0.1) is 12.1 Å². The van der Waals surface area contributed by atoms with E-state index in [0.717, 1.165) is 24.3 Å². The number of pyridine rings is 1. The molecule has 0 unspecified atom stereocenters. The fourth-order valence-electron chi connectivity index (χ4n) is 4.69. The maximum Gasteiger partial charge on any atom is 0.433 e. The molecule has 1 aliphatic heterocycles. The number of ketones is 2. The smallest absolute Gasteiger partial charge is 0.339 e. The van der Waals surface area contributed by atoms with Gasteiger partial charge >= 0.3 is 6.18 Å². The van der Waals surface area contributed by atoms with Gasteiger partial charge in [-0.1, -0.05) is 12.1 Å². The number of carbonyl (C=O) groups excluding carboxylic acids is 3. The zero-order chi connectivity index (χ0) is 26.9. The van der Waals surface area contributed by atoms with Gasteiger partial charge < -0.3 is 4.90 Å². The summed E-state index contributed by atoms with van der Waals surface area (Å²) in [5.41, 5.74) is -0.0908. The Labute approximate surface area is 217 Å². The van der Waals surface area contributed by atoms with Crippen LogP contribution in [0.25, 0.3) is 10.9 Å². The summed E-state index contributed by atoms with van der Waals surface area (Å²) >= 11 is 0. The lowest BCUT2D eigenvalue weighted by Crippen LogP contribution is -2.50. The summed E-state index contributed by atoms with van der Waals surface area (Å²) < 4.78 is 40.3. The lowest BCUT2D eigenvalue weighted by molar-refractivity contribution is -0.141. The van der Waals surface area contributed by atoms with Gasteiger partial charge in [0.1, 0.15) is 23.7 Å². The van der Waals surface area contributed by atoms with E-state index in [9.17, 15) is 27.6 Å². The molecular formula is C27H28F3N5O3. The molecule has 2 fully saturated rings. The molecule has 1 amide bonds. The number of piperazine rings is 1. The van der Waals surface area contributed by atoms with Crippen LogP contribution in [0.15, 0.2) is 42.6 Å². The minimum Gasteiger partial charge on any atom is -0.339 e. The third kappa shape index (κ3) is 6.45. The number of fused-ring (bicyclic) bond motifs is 1. The zero-order valence-corrected chi connectivity index (χ0v) is 20.8. The molecular weight excluding hydrogens is 499 g/mol. The van der Waals surface area contributed by atoms with E-state index in [4.69, 9.17) is 0 Å². The van der Waals surface area contributed by atoms with Crippen LogP contribution in [0.2, 0.25) is 0 Å². The van der Waals surface area contributed by atoms with E-state index in [2.05, 4.69) is 15.0 Å². The van der Waals surface area contributed by atoms with Gasteiger partial charge in [-0.3, -0.25) is 24.0 Å². The van der Waals surface area contributed by atoms with Crippen molar-refractivity contribution in [1.29, 1.82) is 0 Å². The number of benzene rings is 1. The molecule has 0 atom stereocenters. The van der Waals surface area contributed by atoms with Gasteiger partial charge in [-0.25, -0.2) is 4.98 Å². The van der Waals surface area contributed by atoms with E-state index in [-0.39, 0.29) is 30.3 Å². The third-order valence-corrected chi connectivity index (χ3v) is 6.94. The van der Waals surface area contributed by atoms with Crippen LogP contribution in [0, 0.1) is 5.92 Å². The van der Waals surface area contributed by atoms with Crippen molar-refractivity contribution in [2.24, 2.45) is 5.92 Å². The Morgan fingerprint density at radius 1 is 0.974 bits per heavy atom. The van der Waals surface area contributed by atoms with E-state index in [1.807, 2.05) is 0 Å². The molecule has 200 valence electrons. The first-order valence-corrected chi connectivity index (χ1v) is 12.7. The Bertz CT molecular complexity index is 1360. The Hall–Kier alpha value is -3.60. The second-order valence-electron chi connectivity index (χ2n) is 10.1. The van der Waals surface area contributed by atoms with E-state index >= 15 is 0 Å². The molecule has 3 aromatic rings. The number of halogens is 3. The van der Waals surface area contributed by atoms with Crippen LogP contribution in [0.3, 0.4) is 0 Å².